The lowest BCUT2D eigenvalue weighted by atomic mass is 9.70. The van der Waals surface area contributed by atoms with E-state index >= 15 is 0 Å². The van der Waals surface area contributed by atoms with Gasteiger partial charge in [0.2, 0.25) is 17.7 Å². The number of likely N-dealkylation sites (tertiary alicyclic amines) is 1. The lowest BCUT2D eigenvalue weighted by Crippen LogP contribution is -2.58. The number of anilines is 1. The molecule has 4 rings (SSSR count). The summed E-state index contributed by atoms with van der Waals surface area (Å²) in [6.07, 6.45) is 5.32. The molecule has 0 aliphatic carbocycles. The smallest absolute Gasteiger partial charge is 0.248 e. The molecule has 0 saturated carbocycles. The molecule has 4 unspecified atom stereocenters. The van der Waals surface area contributed by atoms with Crippen molar-refractivity contribution in [3.63, 3.8) is 0 Å². The summed E-state index contributed by atoms with van der Waals surface area (Å²) in [6.45, 7) is 12.5. The number of halogens is 1. The third kappa shape index (κ3) is 5.09. The largest absolute Gasteiger partial charge is 0.396 e. The molecule has 2 bridgehead atoms. The molecule has 9 heteroatoms. The molecule has 0 radical (unpaired) electrons. The Morgan fingerprint density at radius 3 is 2.54 bits per heavy atom. The average molecular weight is 603 g/mol. The summed E-state index contributed by atoms with van der Waals surface area (Å²) >= 11 is 3.74. The molecule has 7 atom stereocenters. The average Bonchev–Trinajstić information content (AvgIpc) is 3.52. The zero-order valence-electron chi connectivity index (χ0n) is 22.9. The Kier molecular flexibility index (Phi) is 9.34. The number of aliphatic hydroxyl groups is 1. The summed E-state index contributed by atoms with van der Waals surface area (Å²) in [6, 6.07) is 8.39. The number of hydrogen-bond donors (Lipinski definition) is 1. The zero-order chi connectivity index (χ0) is 28.3. The molecule has 3 amide bonds. The maximum atomic E-state index is 14.4. The van der Waals surface area contributed by atoms with E-state index in [-0.39, 0.29) is 48.3 Å². The summed E-state index contributed by atoms with van der Waals surface area (Å²) in [7, 11) is 0. The monoisotopic (exact) mass is 601 g/mol. The number of rotatable bonds is 13. The summed E-state index contributed by atoms with van der Waals surface area (Å²) in [5.74, 6) is -2.21. The molecule has 8 nitrogen and oxygen atoms in total. The van der Waals surface area contributed by atoms with Crippen LogP contribution in [0.25, 0.3) is 0 Å². The fourth-order valence-corrected chi connectivity index (χ4v) is 7.71. The van der Waals surface area contributed by atoms with Gasteiger partial charge in [-0.1, -0.05) is 59.6 Å². The predicted molar refractivity (Wildman–Crippen MR) is 154 cm³/mol. The third-order valence-corrected chi connectivity index (χ3v) is 9.20. The van der Waals surface area contributed by atoms with Gasteiger partial charge in [0.1, 0.15) is 11.6 Å². The van der Waals surface area contributed by atoms with Gasteiger partial charge in [0.25, 0.3) is 0 Å². The lowest BCUT2D eigenvalue weighted by molar-refractivity contribution is -0.149. The highest BCUT2D eigenvalue weighted by molar-refractivity contribution is 9.09. The highest BCUT2D eigenvalue weighted by atomic mass is 79.9. The van der Waals surface area contributed by atoms with Gasteiger partial charge in [-0.25, -0.2) is 0 Å². The van der Waals surface area contributed by atoms with Crippen LogP contribution < -0.4 is 4.90 Å². The summed E-state index contributed by atoms with van der Waals surface area (Å²) in [5, 5.41) is 9.61. The van der Waals surface area contributed by atoms with Crippen LogP contribution in [0.1, 0.15) is 39.5 Å². The van der Waals surface area contributed by atoms with E-state index in [1.165, 1.54) is 0 Å². The number of fused-ring (bicyclic) bond motifs is 1. The van der Waals surface area contributed by atoms with Crippen LogP contribution in [0.2, 0.25) is 0 Å². The van der Waals surface area contributed by atoms with Crippen molar-refractivity contribution >= 4 is 39.3 Å². The molecule has 0 aromatic heterocycles. The van der Waals surface area contributed by atoms with E-state index in [0.29, 0.717) is 25.1 Å². The van der Waals surface area contributed by atoms with Gasteiger partial charge in [-0.05, 0) is 38.3 Å². The van der Waals surface area contributed by atoms with Gasteiger partial charge in [0.15, 0.2) is 0 Å². The Bertz CT molecular complexity index is 1080. The molecule has 1 aromatic rings. The Hall–Kier alpha value is -2.49. The van der Waals surface area contributed by atoms with Crippen LogP contribution in [-0.4, -0.2) is 87.5 Å². The molecule has 3 saturated heterocycles. The number of ether oxygens (including phenoxy) is 1. The topological polar surface area (TPSA) is 90.4 Å². The van der Waals surface area contributed by atoms with E-state index in [4.69, 9.17) is 4.74 Å². The number of carbonyl (C=O) groups excluding carboxylic acids is 3. The van der Waals surface area contributed by atoms with E-state index in [1.807, 2.05) is 37.3 Å². The summed E-state index contributed by atoms with van der Waals surface area (Å²) in [4.78, 5) is 47.6. The van der Waals surface area contributed by atoms with Gasteiger partial charge in [-0.2, -0.15) is 0 Å². The van der Waals surface area contributed by atoms with E-state index in [1.54, 1.807) is 26.9 Å². The molecule has 1 aromatic carbocycles. The molecule has 1 N–H and O–H groups in total. The number of alkyl halides is 1. The molecule has 3 heterocycles. The maximum absolute atomic E-state index is 14.4. The standard InChI is InChI=1S/C30H40BrN3O5/c1-5-12-20(4)32(15-6-2)29(38)26-30-19-22(31)25(39-30)23(24(30)28(37)34(26)17-11-18-35)27(36)33(16-7-3)21-13-9-8-10-14-21/h6-10,13-14,20,22-26,35H,2-3,5,11-12,15-19H2,1,4H3/t20?,22?,23-,24-,25-,26?,30?/m0/s1. The summed E-state index contributed by atoms with van der Waals surface area (Å²) < 4.78 is 6.66. The lowest BCUT2D eigenvalue weighted by Gasteiger charge is -2.39. The normalized spacial score (nSPS) is 29.7. The van der Waals surface area contributed by atoms with Gasteiger partial charge in [0.05, 0.1) is 17.9 Å². The number of amides is 3. The van der Waals surface area contributed by atoms with Crippen molar-refractivity contribution in [3.8, 4) is 0 Å². The van der Waals surface area contributed by atoms with Gasteiger partial charge >= 0.3 is 0 Å². The minimum absolute atomic E-state index is 0.0530. The predicted octanol–water partition coefficient (Wildman–Crippen LogP) is 3.54. The Morgan fingerprint density at radius 1 is 1.23 bits per heavy atom. The van der Waals surface area contributed by atoms with Crippen molar-refractivity contribution in [1.29, 1.82) is 0 Å². The summed E-state index contributed by atoms with van der Waals surface area (Å²) in [5.41, 5.74) is -0.420. The number of carbonyl (C=O) groups is 3. The highest BCUT2D eigenvalue weighted by Gasteiger charge is 2.76. The second-order valence-corrected chi connectivity index (χ2v) is 11.9. The second kappa shape index (κ2) is 12.4. The molecule has 3 aliphatic rings. The molecule has 1 spiro atoms. The minimum Gasteiger partial charge on any atom is -0.396 e. The highest BCUT2D eigenvalue weighted by Crippen LogP contribution is 2.60. The Labute approximate surface area is 239 Å². The maximum Gasteiger partial charge on any atom is 0.248 e. The van der Waals surface area contributed by atoms with E-state index in [0.717, 1.165) is 12.8 Å². The van der Waals surface area contributed by atoms with Crippen LogP contribution in [0, 0.1) is 11.8 Å². The Morgan fingerprint density at radius 2 is 1.92 bits per heavy atom. The number of benzene rings is 1. The first-order valence-electron chi connectivity index (χ1n) is 13.9. The van der Waals surface area contributed by atoms with Gasteiger partial charge in [-0.3, -0.25) is 14.4 Å². The molecule has 212 valence electrons. The van der Waals surface area contributed by atoms with E-state index < -0.39 is 29.6 Å². The van der Waals surface area contributed by atoms with Crippen LogP contribution in [0.3, 0.4) is 0 Å². The first-order valence-corrected chi connectivity index (χ1v) is 14.8. The van der Waals surface area contributed by atoms with Crippen molar-refractivity contribution in [2.24, 2.45) is 11.8 Å². The number of para-hydroxylation sites is 1. The second-order valence-electron chi connectivity index (χ2n) is 10.8. The van der Waals surface area contributed by atoms with Crippen LogP contribution in [0.4, 0.5) is 5.69 Å². The van der Waals surface area contributed by atoms with Crippen LogP contribution in [0.15, 0.2) is 55.6 Å². The van der Waals surface area contributed by atoms with Crippen molar-refractivity contribution < 1.29 is 24.2 Å². The van der Waals surface area contributed by atoms with Crippen molar-refractivity contribution in [1.82, 2.24) is 9.80 Å². The third-order valence-electron chi connectivity index (χ3n) is 8.36. The molecule has 3 aliphatic heterocycles. The van der Waals surface area contributed by atoms with E-state index in [2.05, 4.69) is 36.0 Å². The first kappa shape index (κ1) is 29.5. The van der Waals surface area contributed by atoms with Crippen molar-refractivity contribution in [2.75, 3.05) is 31.1 Å². The molecule has 39 heavy (non-hydrogen) atoms. The van der Waals surface area contributed by atoms with Crippen molar-refractivity contribution in [3.05, 3.63) is 55.6 Å². The van der Waals surface area contributed by atoms with Crippen molar-refractivity contribution in [2.45, 2.75) is 68.1 Å². The van der Waals surface area contributed by atoms with Crippen LogP contribution >= 0.6 is 15.9 Å². The quantitative estimate of drug-likeness (QED) is 0.276. The fraction of sp³-hybridized carbons (Fsp3) is 0.567. The van der Waals surface area contributed by atoms with Gasteiger partial charge in [-0.15, -0.1) is 13.2 Å². The van der Waals surface area contributed by atoms with Gasteiger partial charge < -0.3 is 24.5 Å². The van der Waals surface area contributed by atoms with Gasteiger partial charge in [0, 0.05) is 42.8 Å². The van der Waals surface area contributed by atoms with E-state index in [9.17, 15) is 19.5 Å². The fourth-order valence-electron chi connectivity index (χ4n) is 6.77. The number of hydrogen-bond acceptors (Lipinski definition) is 5. The minimum atomic E-state index is -1.13. The zero-order valence-corrected chi connectivity index (χ0v) is 24.5. The van der Waals surface area contributed by atoms with Crippen LogP contribution in [-0.2, 0) is 19.1 Å². The first-order chi connectivity index (χ1) is 18.8. The van der Waals surface area contributed by atoms with Crippen LogP contribution in [0.5, 0.6) is 0 Å². The SMILES string of the molecule is C=CCN(C(=O)[C@H]1[C@H]2C(=O)N(CCCO)C(C(=O)N(CC=C)C(C)CCC)C23CC(Br)[C@@H]1O3)c1ccccc1. The number of nitrogens with zero attached hydrogens (tertiary/aromatic N) is 3. The molecular weight excluding hydrogens is 562 g/mol. The Balaban J connectivity index is 1.77. The number of aliphatic hydroxyl groups excluding tert-OH is 1. The molecule has 3 fully saturated rings. The molecular formula is C30H40BrN3O5.